The van der Waals surface area contributed by atoms with Gasteiger partial charge in [0.25, 0.3) is 11.8 Å². The van der Waals surface area contributed by atoms with Crippen molar-refractivity contribution in [3.8, 4) is 11.1 Å². The van der Waals surface area contributed by atoms with Crippen molar-refractivity contribution >= 4 is 17.8 Å². The molecule has 2 aromatic rings. The fourth-order valence-corrected chi connectivity index (χ4v) is 4.49. The largest absolute Gasteiger partial charge is 0.383 e. The molecule has 0 aromatic heterocycles. The van der Waals surface area contributed by atoms with E-state index in [9.17, 15) is 14.4 Å². The van der Waals surface area contributed by atoms with Crippen LogP contribution in [0.4, 0.5) is 4.79 Å². The second-order valence-corrected chi connectivity index (χ2v) is 9.47. The summed E-state index contributed by atoms with van der Waals surface area (Å²) in [4.78, 5) is 42.9. The van der Waals surface area contributed by atoms with E-state index in [4.69, 9.17) is 4.74 Å². The Morgan fingerprint density at radius 2 is 1.67 bits per heavy atom. The first-order valence-electron chi connectivity index (χ1n) is 11.3. The number of nitrogens with zero attached hydrogens (tertiary/aromatic N) is 3. The lowest BCUT2D eigenvalue weighted by molar-refractivity contribution is -0.132. The molecule has 0 radical (unpaired) electrons. The van der Waals surface area contributed by atoms with Gasteiger partial charge in [0.2, 0.25) is 0 Å². The summed E-state index contributed by atoms with van der Waals surface area (Å²) in [5, 5.41) is 0. The summed E-state index contributed by atoms with van der Waals surface area (Å²) in [6.07, 6.45) is 0. The molecule has 7 heteroatoms. The molecule has 0 atom stereocenters. The molecule has 174 valence electrons. The van der Waals surface area contributed by atoms with E-state index < -0.39 is 5.54 Å². The molecule has 2 aliphatic rings. The number of urea groups is 1. The number of ether oxygens (including phenoxy) is 1. The van der Waals surface area contributed by atoms with E-state index in [0.717, 1.165) is 27.8 Å². The molecule has 0 unspecified atom stereocenters. The van der Waals surface area contributed by atoms with Crippen LogP contribution < -0.4 is 0 Å². The maximum atomic E-state index is 12.9. The van der Waals surface area contributed by atoms with E-state index >= 15 is 0 Å². The second-order valence-electron chi connectivity index (χ2n) is 9.47. The number of carbonyl (C=O) groups is 3. The number of imide groups is 1. The fraction of sp³-hybridized carbons (Fsp3) is 0.423. The lowest BCUT2D eigenvalue weighted by Crippen LogP contribution is -2.43. The van der Waals surface area contributed by atoms with Crippen LogP contribution in [0.25, 0.3) is 11.1 Å². The van der Waals surface area contributed by atoms with Gasteiger partial charge in [-0.15, -0.1) is 0 Å². The number of amides is 4. The fourth-order valence-electron chi connectivity index (χ4n) is 4.49. The van der Waals surface area contributed by atoms with Crippen LogP contribution in [0.1, 0.15) is 49.2 Å². The molecule has 33 heavy (non-hydrogen) atoms. The Morgan fingerprint density at radius 3 is 2.30 bits per heavy atom. The maximum Gasteiger partial charge on any atom is 0.328 e. The van der Waals surface area contributed by atoms with Crippen molar-refractivity contribution in [1.29, 1.82) is 0 Å². The van der Waals surface area contributed by atoms with Crippen molar-refractivity contribution in [2.75, 3.05) is 20.3 Å². The third kappa shape index (κ3) is 4.02. The Labute approximate surface area is 194 Å². The van der Waals surface area contributed by atoms with Gasteiger partial charge in [-0.2, -0.15) is 0 Å². The third-order valence-electron chi connectivity index (χ3n) is 6.61. The summed E-state index contributed by atoms with van der Waals surface area (Å²) in [6, 6.07) is 13.9. The molecular weight excluding hydrogens is 418 g/mol. The molecule has 1 fully saturated rings. The molecule has 1 saturated heterocycles. The van der Waals surface area contributed by atoms with Gasteiger partial charge in [-0.1, -0.05) is 30.3 Å². The van der Waals surface area contributed by atoms with Crippen molar-refractivity contribution in [3.05, 3.63) is 59.2 Å². The Morgan fingerprint density at radius 1 is 1.00 bits per heavy atom. The van der Waals surface area contributed by atoms with Crippen molar-refractivity contribution in [3.63, 3.8) is 0 Å². The van der Waals surface area contributed by atoms with E-state index in [0.29, 0.717) is 19.7 Å². The second kappa shape index (κ2) is 8.63. The molecule has 4 amide bonds. The highest BCUT2D eigenvalue weighted by atomic mass is 16.5. The van der Waals surface area contributed by atoms with Crippen LogP contribution in [0, 0.1) is 0 Å². The van der Waals surface area contributed by atoms with Crippen molar-refractivity contribution in [2.45, 2.75) is 52.4 Å². The Bertz CT molecular complexity index is 1090. The van der Waals surface area contributed by atoms with E-state index in [1.54, 1.807) is 25.9 Å². The van der Waals surface area contributed by atoms with Crippen molar-refractivity contribution in [1.82, 2.24) is 14.7 Å². The highest BCUT2D eigenvalue weighted by Crippen LogP contribution is 2.32. The van der Waals surface area contributed by atoms with E-state index in [1.807, 2.05) is 55.1 Å². The molecule has 2 aromatic carbocycles. The number of carbonyl (C=O) groups excluding carboxylic acids is 3. The molecule has 0 N–H and O–H groups in total. The number of fused-ring (bicyclic) bond motifs is 1. The lowest BCUT2D eigenvalue weighted by Gasteiger charge is -2.27. The summed E-state index contributed by atoms with van der Waals surface area (Å²) in [5.41, 5.74) is 3.97. The Hall–Kier alpha value is -3.19. The zero-order valence-electron chi connectivity index (χ0n) is 19.9. The Kier molecular flexibility index (Phi) is 6.01. The number of methoxy groups -OCH3 is 1. The van der Waals surface area contributed by atoms with Crippen molar-refractivity contribution in [2.24, 2.45) is 0 Å². The molecule has 2 heterocycles. The van der Waals surface area contributed by atoms with E-state index in [-0.39, 0.29) is 30.4 Å². The lowest BCUT2D eigenvalue weighted by atomic mass is 9.99. The number of rotatable bonds is 7. The van der Waals surface area contributed by atoms with Crippen LogP contribution in [0.2, 0.25) is 0 Å². The molecule has 0 saturated carbocycles. The molecule has 0 spiro atoms. The highest BCUT2D eigenvalue weighted by Gasteiger charge is 2.50. The monoisotopic (exact) mass is 449 g/mol. The van der Waals surface area contributed by atoms with Gasteiger partial charge in [0, 0.05) is 31.8 Å². The van der Waals surface area contributed by atoms with Gasteiger partial charge in [0.1, 0.15) is 5.54 Å². The van der Waals surface area contributed by atoms with Gasteiger partial charge in [-0.05, 0) is 62.1 Å². The molecule has 0 bridgehead atoms. The Balaban J connectivity index is 1.51. The SMILES string of the molecule is COCCN1C(=O)N(Cc2ccc(-c3ccc4c(c3)CN(C(C)C)C4=O)cc2)C(C)(C)C1=O. The quantitative estimate of drug-likeness (QED) is 0.601. The van der Waals surface area contributed by atoms with E-state index in [2.05, 4.69) is 6.07 Å². The molecule has 7 nitrogen and oxygen atoms in total. The minimum Gasteiger partial charge on any atom is -0.383 e. The zero-order valence-corrected chi connectivity index (χ0v) is 19.9. The summed E-state index contributed by atoms with van der Waals surface area (Å²) >= 11 is 0. The minimum atomic E-state index is -0.904. The molecule has 4 rings (SSSR count). The van der Waals surface area contributed by atoms with Crippen LogP contribution in [0.3, 0.4) is 0 Å². The van der Waals surface area contributed by atoms with Gasteiger partial charge in [0.15, 0.2) is 0 Å². The topological polar surface area (TPSA) is 70.2 Å². The maximum absolute atomic E-state index is 12.9. The summed E-state index contributed by atoms with van der Waals surface area (Å²) in [7, 11) is 1.55. The van der Waals surface area contributed by atoms with Crippen LogP contribution >= 0.6 is 0 Å². The normalized spacial score (nSPS) is 17.5. The molecule has 2 aliphatic heterocycles. The van der Waals surface area contributed by atoms with Gasteiger partial charge < -0.3 is 14.5 Å². The highest BCUT2D eigenvalue weighted by molar-refractivity contribution is 6.06. The minimum absolute atomic E-state index is 0.0916. The first kappa shape index (κ1) is 23.0. The molecule has 0 aliphatic carbocycles. The van der Waals surface area contributed by atoms with E-state index in [1.165, 1.54) is 4.90 Å². The zero-order chi connectivity index (χ0) is 23.9. The smallest absolute Gasteiger partial charge is 0.328 e. The number of benzene rings is 2. The average molecular weight is 450 g/mol. The predicted octanol–water partition coefficient (Wildman–Crippen LogP) is 3.91. The van der Waals surface area contributed by atoms with Gasteiger partial charge in [-0.25, -0.2) is 4.79 Å². The first-order valence-corrected chi connectivity index (χ1v) is 11.3. The van der Waals surface area contributed by atoms with Gasteiger partial charge in [0.05, 0.1) is 13.2 Å². The van der Waals surface area contributed by atoms with Crippen LogP contribution in [0.5, 0.6) is 0 Å². The molecular formula is C26H31N3O4. The van der Waals surface area contributed by atoms with Crippen LogP contribution in [-0.4, -0.2) is 64.4 Å². The summed E-state index contributed by atoms with van der Waals surface area (Å²) < 4.78 is 5.04. The van der Waals surface area contributed by atoms with Gasteiger partial charge >= 0.3 is 6.03 Å². The summed E-state index contributed by atoms with van der Waals surface area (Å²) in [6.45, 7) is 9.17. The third-order valence-corrected chi connectivity index (χ3v) is 6.61. The first-order chi connectivity index (χ1) is 15.6. The standard InChI is InChI=1S/C26H31N3O4/c1-17(2)28-16-21-14-20(10-11-22(21)23(28)30)19-8-6-18(7-9-19)15-29-25(32)27(12-13-33-5)24(31)26(29,3)4/h6-11,14,17H,12-13,15-16H2,1-5H3. The van der Waals surface area contributed by atoms with Crippen LogP contribution in [0.15, 0.2) is 42.5 Å². The number of hydrogen-bond donors (Lipinski definition) is 0. The average Bonchev–Trinajstić information content (AvgIpc) is 3.20. The van der Waals surface area contributed by atoms with Gasteiger partial charge in [-0.3, -0.25) is 14.5 Å². The number of hydrogen-bond acceptors (Lipinski definition) is 4. The van der Waals surface area contributed by atoms with Crippen LogP contribution in [-0.2, 0) is 22.6 Å². The summed E-state index contributed by atoms with van der Waals surface area (Å²) in [5.74, 6) is -0.113. The predicted molar refractivity (Wildman–Crippen MR) is 125 cm³/mol. The van der Waals surface area contributed by atoms with Crippen molar-refractivity contribution < 1.29 is 19.1 Å².